The number of carbonyl (C=O) groups excluding carboxylic acids is 1. The molecule has 0 saturated heterocycles. The maximum atomic E-state index is 10.3. The Morgan fingerprint density at radius 3 is 1.02 bits per heavy atom. The third-order valence-electron chi connectivity index (χ3n) is 11.8. The van der Waals surface area contributed by atoms with E-state index < -0.39 is 0 Å². The van der Waals surface area contributed by atoms with E-state index in [4.69, 9.17) is 9.47 Å². The molecular weight excluding hydrogens is 673 g/mol. The summed E-state index contributed by atoms with van der Waals surface area (Å²) in [6.45, 7) is 2.15. The highest BCUT2D eigenvalue weighted by Crippen LogP contribution is 2.21. The molecule has 0 aliphatic rings. The lowest BCUT2D eigenvalue weighted by molar-refractivity contribution is -0.107. The molecule has 0 bridgehead atoms. The minimum Gasteiger partial charge on any atom is -0.491 e. The molecule has 2 aromatic carbocycles. The highest BCUT2D eigenvalue weighted by Gasteiger charge is 2.00. The van der Waals surface area contributed by atoms with E-state index in [1.807, 2.05) is 6.07 Å². The molecule has 0 amide bonds. The van der Waals surface area contributed by atoms with Gasteiger partial charge in [0.2, 0.25) is 0 Å². The lowest BCUT2D eigenvalue weighted by atomic mass is 10.0. The van der Waals surface area contributed by atoms with Crippen LogP contribution in [0.4, 0.5) is 0 Å². The molecule has 3 nitrogen and oxygen atoms in total. The summed E-state index contributed by atoms with van der Waals surface area (Å²) in [4.78, 5) is 10.3. The van der Waals surface area contributed by atoms with Gasteiger partial charge in [-0.1, -0.05) is 255 Å². The van der Waals surface area contributed by atoms with Crippen LogP contribution in [0.25, 0.3) is 10.8 Å². The molecule has 0 aliphatic heterocycles. The quantitative estimate of drug-likeness (QED) is 0.0498. The Labute approximate surface area is 342 Å². The lowest BCUT2D eigenvalue weighted by Gasteiger charge is -2.08. The van der Waals surface area contributed by atoms with E-state index >= 15 is 0 Å². The van der Waals surface area contributed by atoms with Crippen molar-refractivity contribution in [3.8, 4) is 5.75 Å². The summed E-state index contributed by atoms with van der Waals surface area (Å²) in [7, 11) is 0. The van der Waals surface area contributed by atoms with Gasteiger partial charge in [0.05, 0.1) is 6.61 Å². The van der Waals surface area contributed by atoms with Crippen molar-refractivity contribution < 1.29 is 14.3 Å². The SMILES string of the molecule is O=CCCCCCCCCCCCCCCCCCCCCCCCCCCCCCCCCCCCCCCCOCCOc1ccc2ccccc2c1. The van der Waals surface area contributed by atoms with Crippen molar-refractivity contribution in [3.05, 3.63) is 42.5 Å². The average molecular weight is 763 g/mol. The zero-order valence-electron chi connectivity index (χ0n) is 36.3. The minimum atomic E-state index is 0.620. The number of hydrogen-bond donors (Lipinski definition) is 0. The Balaban J connectivity index is 1.13. The zero-order valence-corrected chi connectivity index (χ0v) is 36.3. The van der Waals surface area contributed by atoms with Gasteiger partial charge in [-0.15, -0.1) is 0 Å². The second-order valence-corrected chi connectivity index (χ2v) is 17.0. The standard InChI is InChI=1S/C52H90O3/c53-45-39-35-33-31-29-27-25-23-21-19-17-15-13-11-9-7-5-3-1-2-4-6-8-10-12-14-16-18-20-22-24-26-28-30-32-34-36-40-46-54-47-48-55-52-44-43-50-41-37-38-42-51(50)49-52/h37-38,41-45,49H,1-36,39-40,46-48H2. The monoisotopic (exact) mass is 763 g/mol. The first kappa shape index (κ1) is 49.3. The number of aldehydes is 1. The highest BCUT2D eigenvalue weighted by atomic mass is 16.5. The van der Waals surface area contributed by atoms with Crippen molar-refractivity contribution in [3.63, 3.8) is 0 Å². The first-order valence-corrected chi connectivity index (χ1v) is 24.5. The van der Waals surface area contributed by atoms with Gasteiger partial charge in [-0.05, 0) is 35.7 Å². The van der Waals surface area contributed by atoms with Crippen LogP contribution in [0, 0.1) is 0 Å². The minimum absolute atomic E-state index is 0.620. The molecule has 3 heteroatoms. The summed E-state index contributed by atoms with van der Waals surface area (Å²) < 4.78 is 11.7. The van der Waals surface area contributed by atoms with Crippen molar-refractivity contribution in [2.45, 2.75) is 244 Å². The molecule has 0 atom stereocenters. The van der Waals surface area contributed by atoms with Crippen LogP contribution in [0.15, 0.2) is 42.5 Å². The topological polar surface area (TPSA) is 35.5 Å². The van der Waals surface area contributed by atoms with Crippen LogP contribution in [0.3, 0.4) is 0 Å². The number of ether oxygens (including phenoxy) is 2. The Morgan fingerprint density at radius 1 is 0.327 bits per heavy atom. The van der Waals surface area contributed by atoms with E-state index in [0.29, 0.717) is 13.2 Å². The van der Waals surface area contributed by atoms with E-state index in [-0.39, 0.29) is 0 Å². The van der Waals surface area contributed by atoms with Crippen LogP contribution in [0.1, 0.15) is 244 Å². The molecule has 0 aromatic heterocycles. The molecule has 0 heterocycles. The number of hydrogen-bond acceptors (Lipinski definition) is 3. The van der Waals surface area contributed by atoms with E-state index in [9.17, 15) is 4.79 Å². The van der Waals surface area contributed by atoms with Crippen LogP contribution in [0.2, 0.25) is 0 Å². The molecule has 0 radical (unpaired) electrons. The summed E-state index contributed by atoms with van der Waals surface area (Å²) in [6.07, 6.45) is 54.3. The first-order chi connectivity index (χ1) is 27.4. The molecule has 2 rings (SSSR count). The molecule has 316 valence electrons. The third kappa shape index (κ3) is 32.9. The molecule has 0 saturated carbocycles. The summed E-state index contributed by atoms with van der Waals surface area (Å²) >= 11 is 0. The van der Waals surface area contributed by atoms with E-state index in [1.165, 1.54) is 242 Å². The van der Waals surface area contributed by atoms with Gasteiger partial charge in [0, 0.05) is 13.0 Å². The molecule has 0 N–H and O–H groups in total. The fourth-order valence-corrected chi connectivity index (χ4v) is 8.20. The Hall–Kier alpha value is -1.87. The maximum absolute atomic E-state index is 10.3. The maximum Gasteiger partial charge on any atom is 0.120 e. The summed E-state index contributed by atoms with van der Waals surface area (Å²) in [5.41, 5.74) is 0. The van der Waals surface area contributed by atoms with Gasteiger partial charge >= 0.3 is 0 Å². The molecule has 0 aliphatic carbocycles. The molecule has 55 heavy (non-hydrogen) atoms. The Kier molecular flexibility index (Phi) is 36.1. The summed E-state index contributed by atoms with van der Waals surface area (Å²) in [5.74, 6) is 0.927. The highest BCUT2D eigenvalue weighted by molar-refractivity contribution is 5.83. The van der Waals surface area contributed by atoms with Crippen LogP contribution in [0.5, 0.6) is 5.75 Å². The Morgan fingerprint density at radius 2 is 0.655 bits per heavy atom. The van der Waals surface area contributed by atoms with Gasteiger partial charge < -0.3 is 14.3 Å². The smallest absolute Gasteiger partial charge is 0.120 e. The van der Waals surface area contributed by atoms with Crippen molar-refractivity contribution in [1.29, 1.82) is 0 Å². The number of fused-ring (bicyclic) bond motifs is 1. The van der Waals surface area contributed by atoms with E-state index in [2.05, 4.69) is 36.4 Å². The number of benzene rings is 2. The predicted molar refractivity (Wildman–Crippen MR) is 242 cm³/mol. The van der Waals surface area contributed by atoms with Crippen molar-refractivity contribution in [1.82, 2.24) is 0 Å². The normalized spacial score (nSPS) is 11.5. The van der Waals surface area contributed by atoms with Crippen LogP contribution in [-0.2, 0) is 9.53 Å². The number of rotatable bonds is 44. The largest absolute Gasteiger partial charge is 0.491 e. The van der Waals surface area contributed by atoms with Crippen molar-refractivity contribution in [2.75, 3.05) is 19.8 Å². The second kappa shape index (κ2) is 40.3. The number of unbranched alkanes of at least 4 members (excludes halogenated alkanes) is 37. The van der Waals surface area contributed by atoms with Crippen LogP contribution >= 0.6 is 0 Å². The van der Waals surface area contributed by atoms with Crippen molar-refractivity contribution >= 4 is 17.1 Å². The van der Waals surface area contributed by atoms with Gasteiger partial charge in [-0.2, -0.15) is 0 Å². The fraction of sp³-hybridized carbons (Fsp3) is 0.788. The van der Waals surface area contributed by atoms with Crippen LogP contribution in [-0.4, -0.2) is 26.1 Å². The molecule has 0 unspecified atom stereocenters. The average Bonchev–Trinajstić information content (AvgIpc) is 3.21. The van der Waals surface area contributed by atoms with Crippen LogP contribution < -0.4 is 4.74 Å². The van der Waals surface area contributed by atoms with Gasteiger partial charge in [-0.25, -0.2) is 0 Å². The molecular formula is C52H90O3. The van der Waals surface area contributed by atoms with Gasteiger partial charge in [0.15, 0.2) is 0 Å². The summed E-state index contributed by atoms with van der Waals surface area (Å²) in [5, 5.41) is 2.47. The fourth-order valence-electron chi connectivity index (χ4n) is 8.20. The molecule has 0 fully saturated rings. The van der Waals surface area contributed by atoms with E-state index in [1.54, 1.807) is 0 Å². The Bertz CT molecular complexity index is 1070. The lowest BCUT2D eigenvalue weighted by Crippen LogP contribution is -2.07. The molecule has 0 spiro atoms. The number of carbonyl (C=O) groups is 1. The predicted octanol–water partition coefficient (Wildman–Crippen LogP) is 17.3. The third-order valence-corrected chi connectivity index (χ3v) is 11.8. The van der Waals surface area contributed by atoms with E-state index in [0.717, 1.165) is 31.5 Å². The summed E-state index contributed by atoms with van der Waals surface area (Å²) in [6, 6.07) is 14.7. The molecule has 2 aromatic rings. The van der Waals surface area contributed by atoms with Gasteiger partial charge in [0.1, 0.15) is 18.6 Å². The second-order valence-electron chi connectivity index (χ2n) is 17.0. The van der Waals surface area contributed by atoms with Gasteiger partial charge in [0.25, 0.3) is 0 Å². The first-order valence-electron chi connectivity index (χ1n) is 24.5. The zero-order chi connectivity index (χ0) is 38.8. The van der Waals surface area contributed by atoms with Crippen molar-refractivity contribution in [2.24, 2.45) is 0 Å². The van der Waals surface area contributed by atoms with Gasteiger partial charge in [-0.3, -0.25) is 0 Å².